The predicted molar refractivity (Wildman–Crippen MR) is 115 cm³/mol. The minimum Gasteiger partial charge on any atom is -0.377 e. The van der Waals surface area contributed by atoms with E-state index in [1.807, 2.05) is 12.2 Å². The molecule has 0 amide bonds. The summed E-state index contributed by atoms with van der Waals surface area (Å²) in [6.07, 6.45) is -5.88. The molecule has 2 atom stereocenters. The van der Waals surface area contributed by atoms with Gasteiger partial charge in [-0.1, -0.05) is 23.8 Å². The fraction of sp³-hybridized carbons (Fsp3) is 0.409. The van der Waals surface area contributed by atoms with E-state index in [1.54, 1.807) is 18.2 Å². The van der Waals surface area contributed by atoms with Gasteiger partial charge in [0.1, 0.15) is 0 Å². The number of hydrogen-bond acceptors (Lipinski definition) is 5. The van der Waals surface area contributed by atoms with Crippen LogP contribution in [0.5, 0.6) is 0 Å². The van der Waals surface area contributed by atoms with E-state index in [0.29, 0.717) is 36.8 Å². The Morgan fingerprint density at radius 3 is 2.40 bits per heavy atom. The molecule has 4 heterocycles. The lowest BCUT2D eigenvalue weighted by molar-refractivity contribution is -0.155. The highest BCUT2D eigenvalue weighted by Crippen LogP contribution is 2.41. The smallest absolute Gasteiger partial charge is 0.377 e. The lowest BCUT2D eigenvalue weighted by atomic mass is 9.90. The third kappa shape index (κ3) is 4.68. The van der Waals surface area contributed by atoms with Crippen LogP contribution in [0.1, 0.15) is 35.4 Å². The third-order valence-corrected chi connectivity index (χ3v) is 6.32. The highest BCUT2D eigenvalue weighted by Gasteiger charge is 2.43. The molecule has 35 heavy (non-hydrogen) atoms. The molecule has 0 aliphatic carbocycles. The number of hydrogen-bond donors (Lipinski definition) is 1. The largest absolute Gasteiger partial charge is 0.451 e. The van der Waals surface area contributed by atoms with Crippen LogP contribution in [-0.4, -0.2) is 39.7 Å². The maximum atomic E-state index is 13.4. The molecular formula is C22H18ClF6N5O. The van der Waals surface area contributed by atoms with Crippen LogP contribution in [0.4, 0.5) is 32.3 Å². The van der Waals surface area contributed by atoms with Crippen molar-refractivity contribution in [2.75, 3.05) is 24.7 Å². The maximum Gasteiger partial charge on any atom is 0.451 e. The van der Waals surface area contributed by atoms with Gasteiger partial charge in [0.2, 0.25) is 17.6 Å². The molecule has 5 rings (SSSR count). The van der Waals surface area contributed by atoms with Gasteiger partial charge in [0.25, 0.3) is 0 Å². The SMILES string of the molecule is FC(F)(F)c1nc(N2CCc3c([nH]c4ccc(Cl)cc34)[C@@H]2C[C@@H]2C=CCOC2)nc(C(F)(F)F)n1. The summed E-state index contributed by atoms with van der Waals surface area (Å²) in [5.74, 6) is -4.55. The first kappa shape index (κ1) is 23.9. The predicted octanol–water partition coefficient (Wildman–Crippen LogP) is 5.74. The van der Waals surface area contributed by atoms with Crippen LogP contribution in [0.25, 0.3) is 10.9 Å². The van der Waals surface area contributed by atoms with Gasteiger partial charge in [-0.2, -0.15) is 36.3 Å². The summed E-state index contributed by atoms with van der Waals surface area (Å²) in [4.78, 5) is 14.2. The fourth-order valence-corrected chi connectivity index (χ4v) is 4.77. The molecule has 1 N–H and O–H groups in total. The monoisotopic (exact) mass is 517 g/mol. The molecule has 0 saturated heterocycles. The number of halogens is 7. The number of alkyl halides is 6. The molecule has 3 aromatic rings. The molecule has 2 aromatic heterocycles. The lowest BCUT2D eigenvalue weighted by Crippen LogP contribution is -2.39. The summed E-state index contributed by atoms with van der Waals surface area (Å²) >= 11 is 6.16. The summed E-state index contributed by atoms with van der Waals surface area (Å²) in [5.41, 5.74) is 2.35. The summed E-state index contributed by atoms with van der Waals surface area (Å²) < 4.78 is 85.9. The van der Waals surface area contributed by atoms with Gasteiger partial charge >= 0.3 is 12.4 Å². The van der Waals surface area contributed by atoms with Crippen LogP contribution in [-0.2, 0) is 23.5 Å². The number of H-pyrrole nitrogens is 1. The van der Waals surface area contributed by atoms with Crippen LogP contribution in [0, 0.1) is 5.92 Å². The second-order valence-electron chi connectivity index (χ2n) is 8.41. The number of aromatic amines is 1. The Morgan fingerprint density at radius 1 is 1.06 bits per heavy atom. The number of nitrogens with zero attached hydrogens (tertiary/aromatic N) is 4. The van der Waals surface area contributed by atoms with Gasteiger partial charge in [0.05, 0.1) is 19.3 Å². The molecule has 1 aromatic carbocycles. The molecule has 0 spiro atoms. The van der Waals surface area contributed by atoms with E-state index in [-0.39, 0.29) is 12.5 Å². The average molecular weight is 518 g/mol. The normalized spacial score (nSPS) is 20.9. The van der Waals surface area contributed by atoms with Gasteiger partial charge in [-0.15, -0.1) is 0 Å². The zero-order valence-electron chi connectivity index (χ0n) is 17.9. The van der Waals surface area contributed by atoms with Gasteiger partial charge in [-0.05, 0) is 36.6 Å². The van der Waals surface area contributed by atoms with Crippen molar-refractivity contribution in [1.82, 2.24) is 19.9 Å². The first-order chi connectivity index (χ1) is 16.5. The Morgan fingerprint density at radius 2 is 1.77 bits per heavy atom. The summed E-state index contributed by atoms with van der Waals surface area (Å²) in [6.45, 7) is 0.923. The van der Waals surface area contributed by atoms with Gasteiger partial charge in [0, 0.05) is 34.1 Å². The number of aromatic nitrogens is 4. The van der Waals surface area contributed by atoms with Crippen molar-refractivity contribution in [3.8, 4) is 0 Å². The van der Waals surface area contributed by atoms with Crippen LogP contribution < -0.4 is 4.90 Å². The fourth-order valence-electron chi connectivity index (χ4n) is 4.59. The summed E-state index contributed by atoms with van der Waals surface area (Å²) in [6, 6.07) is 4.64. The van der Waals surface area contributed by atoms with E-state index in [1.165, 1.54) is 4.90 Å². The number of anilines is 1. The standard InChI is InChI=1S/C22H18ClF6N5O/c23-12-3-4-15-14(9-12)13-5-6-34(16(17(13)30-15)8-11-2-1-7-35-10-11)20-32-18(21(24,25)26)31-19(33-20)22(27,28)29/h1-4,9,11,16,30H,5-8,10H2/t11-,16-/m0/s1. The molecular weight excluding hydrogens is 500 g/mol. The summed E-state index contributed by atoms with van der Waals surface area (Å²) in [7, 11) is 0. The Bertz CT molecular complexity index is 1260. The van der Waals surface area contributed by atoms with Crippen molar-refractivity contribution < 1.29 is 31.1 Å². The number of nitrogens with one attached hydrogen (secondary N) is 1. The molecule has 2 aliphatic heterocycles. The van der Waals surface area contributed by atoms with Crippen LogP contribution in [0.3, 0.4) is 0 Å². The first-order valence-corrected chi connectivity index (χ1v) is 11.1. The van der Waals surface area contributed by atoms with Crippen molar-refractivity contribution in [2.24, 2.45) is 5.92 Å². The molecule has 0 unspecified atom stereocenters. The number of benzene rings is 1. The minimum atomic E-state index is -5.17. The van der Waals surface area contributed by atoms with Crippen molar-refractivity contribution in [3.63, 3.8) is 0 Å². The number of fused-ring (bicyclic) bond motifs is 3. The Balaban J connectivity index is 1.64. The van der Waals surface area contributed by atoms with Crippen molar-refractivity contribution in [1.29, 1.82) is 0 Å². The van der Waals surface area contributed by atoms with Crippen LogP contribution >= 0.6 is 11.6 Å². The van der Waals surface area contributed by atoms with Crippen molar-refractivity contribution >= 4 is 28.5 Å². The molecule has 0 radical (unpaired) electrons. The second kappa shape index (κ2) is 8.66. The molecule has 186 valence electrons. The highest BCUT2D eigenvalue weighted by molar-refractivity contribution is 6.31. The number of ether oxygens (including phenoxy) is 1. The first-order valence-electron chi connectivity index (χ1n) is 10.7. The second-order valence-corrected chi connectivity index (χ2v) is 8.84. The van der Waals surface area contributed by atoms with E-state index in [4.69, 9.17) is 16.3 Å². The van der Waals surface area contributed by atoms with Gasteiger partial charge in [-0.3, -0.25) is 0 Å². The van der Waals surface area contributed by atoms with E-state index < -0.39 is 36.0 Å². The molecule has 0 saturated carbocycles. The Hall–Kier alpha value is -2.86. The van der Waals surface area contributed by atoms with Crippen molar-refractivity contribution in [2.45, 2.75) is 31.2 Å². The molecule has 2 aliphatic rings. The Labute approximate surface area is 200 Å². The van der Waals surface area contributed by atoms with Crippen molar-refractivity contribution in [3.05, 3.63) is 58.3 Å². The molecule has 13 heteroatoms. The quantitative estimate of drug-likeness (QED) is 0.354. The highest BCUT2D eigenvalue weighted by atomic mass is 35.5. The lowest BCUT2D eigenvalue weighted by Gasteiger charge is -2.38. The van der Waals surface area contributed by atoms with Gasteiger partial charge < -0.3 is 14.6 Å². The number of rotatable bonds is 3. The zero-order chi connectivity index (χ0) is 25.0. The summed E-state index contributed by atoms with van der Waals surface area (Å²) in [5, 5.41) is 1.37. The van der Waals surface area contributed by atoms with E-state index in [0.717, 1.165) is 16.5 Å². The van der Waals surface area contributed by atoms with Gasteiger partial charge in [-0.25, -0.2) is 4.98 Å². The van der Waals surface area contributed by atoms with Crippen LogP contribution in [0.15, 0.2) is 30.4 Å². The average Bonchev–Trinajstić information content (AvgIpc) is 3.17. The van der Waals surface area contributed by atoms with Gasteiger partial charge in [0.15, 0.2) is 0 Å². The molecule has 0 fully saturated rings. The Kier molecular flexibility index (Phi) is 5.91. The molecule has 6 nitrogen and oxygen atoms in total. The minimum absolute atomic E-state index is 0.104. The van der Waals surface area contributed by atoms with Crippen LogP contribution in [0.2, 0.25) is 5.02 Å². The van der Waals surface area contributed by atoms with E-state index in [2.05, 4.69) is 19.9 Å². The van der Waals surface area contributed by atoms with E-state index in [9.17, 15) is 26.3 Å². The third-order valence-electron chi connectivity index (χ3n) is 6.08. The molecule has 0 bridgehead atoms. The maximum absolute atomic E-state index is 13.4. The van der Waals surface area contributed by atoms with E-state index >= 15 is 0 Å². The topological polar surface area (TPSA) is 66.9 Å². The zero-order valence-corrected chi connectivity index (χ0v) is 18.7.